The third-order valence-electron chi connectivity index (χ3n) is 10.0. The van der Waals surface area contributed by atoms with E-state index in [0.717, 1.165) is 82.8 Å². The van der Waals surface area contributed by atoms with Gasteiger partial charge in [0.15, 0.2) is 17.5 Å². The van der Waals surface area contributed by atoms with Crippen LogP contribution in [0.15, 0.2) is 188 Å². The van der Waals surface area contributed by atoms with Crippen LogP contribution < -0.4 is 0 Å². The molecule has 0 spiro atoms. The summed E-state index contributed by atoms with van der Waals surface area (Å²) in [5.74, 6) is 1.89. The molecule has 10 rings (SSSR count). The SMILES string of the molecule is c1ccc(-c2nc(-c3ccc(-c4ccc(-c5ccc6ccc7cccnc7c6n5)c5ccccc45)cc3)nc(-c3ccccc3-c3ccccc3)n2)cc1. The van der Waals surface area contributed by atoms with E-state index < -0.39 is 0 Å². The van der Waals surface area contributed by atoms with Gasteiger partial charge in [-0.05, 0) is 45.2 Å². The van der Waals surface area contributed by atoms with Crippen molar-refractivity contribution in [2.24, 2.45) is 0 Å². The van der Waals surface area contributed by atoms with Gasteiger partial charge in [-0.2, -0.15) is 0 Å². The van der Waals surface area contributed by atoms with Crippen LogP contribution in [0.1, 0.15) is 0 Å². The Morgan fingerprint density at radius 1 is 0.278 bits per heavy atom. The first kappa shape index (κ1) is 31.4. The molecule has 0 saturated heterocycles. The molecule has 0 amide bonds. The number of aromatic nitrogens is 5. The van der Waals surface area contributed by atoms with Crippen molar-refractivity contribution in [1.82, 2.24) is 24.9 Å². The zero-order valence-electron chi connectivity index (χ0n) is 29.1. The van der Waals surface area contributed by atoms with E-state index in [1.165, 1.54) is 0 Å². The van der Waals surface area contributed by atoms with Crippen molar-refractivity contribution >= 4 is 32.6 Å². The maximum atomic E-state index is 5.17. The third kappa shape index (κ3) is 5.65. The molecule has 5 heteroatoms. The van der Waals surface area contributed by atoms with Gasteiger partial charge in [-0.1, -0.05) is 170 Å². The van der Waals surface area contributed by atoms with Crippen LogP contribution in [-0.2, 0) is 0 Å². The van der Waals surface area contributed by atoms with Gasteiger partial charge >= 0.3 is 0 Å². The van der Waals surface area contributed by atoms with E-state index in [1.807, 2.05) is 54.7 Å². The van der Waals surface area contributed by atoms with Gasteiger partial charge in [0.25, 0.3) is 0 Å². The van der Waals surface area contributed by atoms with Crippen LogP contribution in [0.2, 0.25) is 0 Å². The van der Waals surface area contributed by atoms with Crippen molar-refractivity contribution in [3.63, 3.8) is 0 Å². The van der Waals surface area contributed by atoms with Gasteiger partial charge in [0, 0.05) is 39.2 Å². The number of hydrogen-bond acceptors (Lipinski definition) is 5. The van der Waals surface area contributed by atoms with E-state index in [0.29, 0.717) is 17.5 Å². The van der Waals surface area contributed by atoms with Crippen molar-refractivity contribution in [1.29, 1.82) is 0 Å². The summed E-state index contributed by atoms with van der Waals surface area (Å²) >= 11 is 0. The molecule has 252 valence electrons. The van der Waals surface area contributed by atoms with Crippen molar-refractivity contribution in [3.05, 3.63) is 188 Å². The highest BCUT2D eigenvalue weighted by molar-refractivity contribution is 6.07. The minimum Gasteiger partial charge on any atom is -0.254 e. The zero-order chi connectivity index (χ0) is 35.8. The Bertz CT molecular complexity index is 2980. The minimum atomic E-state index is 0.623. The molecular weight excluding hydrogens is 659 g/mol. The molecule has 54 heavy (non-hydrogen) atoms. The van der Waals surface area contributed by atoms with E-state index in [9.17, 15) is 0 Å². The Labute approximate surface area is 312 Å². The number of hydrogen-bond donors (Lipinski definition) is 0. The molecule has 0 saturated carbocycles. The van der Waals surface area contributed by atoms with Crippen LogP contribution >= 0.6 is 0 Å². The average molecular weight is 690 g/mol. The summed E-state index contributed by atoms with van der Waals surface area (Å²) in [5, 5.41) is 4.46. The lowest BCUT2D eigenvalue weighted by atomic mass is 9.93. The monoisotopic (exact) mass is 689 g/mol. The van der Waals surface area contributed by atoms with Gasteiger partial charge in [-0.25, -0.2) is 19.9 Å². The highest BCUT2D eigenvalue weighted by atomic mass is 15.0. The summed E-state index contributed by atoms with van der Waals surface area (Å²) in [7, 11) is 0. The molecule has 7 aromatic carbocycles. The van der Waals surface area contributed by atoms with Crippen molar-refractivity contribution in [2.75, 3.05) is 0 Å². The lowest BCUT2D eigenvalue weighted by Crippen LogP contribution is -2.01. The first-order valence-corrected chi connectivity index (χ1v) is 18.0. The fourth-order valence-corrected chi connectivity index (χ4v) is 7.34. The summed E-state index contributed by atoms with van der Waals surface area (Å²) in [4.78, 5) is 25.0. The quantitative estimate of drug-likeness (QED) is 0.163. The Kier molecular flexibility index (Phi) is 7.73. The molecule has 5 nitrogen and oxygen atoms in total. The summed E-state index contributed by atoms with van der Waals surface area (Å²) in [6.07, 6.45) is 1.83. The topological polar surface area (TPSA) is 64.5 Å². The predicted octanol–water partition coefficient (Wildman–Crippen LogP) is 12.1. The first-order valence-electron chi connectivity index (χ1n) is 18.0. The number of pyridine rings is 2. The highest BCUT2D eigenvalue weighted by Crippen LogP contribution is 2.37. The largest absolute Gasteiger partial charge is 0.254 e. The molecule has 0 aliphatic carbocycles. The molecule has 0 aliphatic heterocycles. The lowest BCUT2D eigenvalue weighted by molar-refractivity contribution is 1.07. The van der Waals surface area contributed by atoms with Gasteiger partial charge in [0.2, 0.25) is 0 Å². The van der Waals surface area contributed by atoms with Crippen LogP contribution in [0.5, 0.6) is 0 Å². The van der Waals surface area contributed by atoms with E-state index in [-0.39, 0.29) is 0 Å². The molecule has 0 radical (unpaired) electrons. The van der Waals surface area contributed by atoms with Crippen LogP contribution in [0, 0.1) is 0 Å². The third-order valence-corrected chi connectivity index (χ3v) is 10.0. The first-order chi connectivity index (χ1) is 26.8. The normalized spacial score (nSPS) is 11.3. The smallest absolute Gasteiger partial charge is 0.164 e. The molecule has 0 fully saturated rings. The van der Waals surface area contributed by atoms with E-state index >= 15 is 0 Å². The van der Waals surface area contributed by atoms with Gasteiger partial charge in [0.1, 0.15) is 0 Å². The fraction of sp³-hybridized carbons (Fsp3) is 0. The minimum absolute atomic E-state index is 0.623. The molecular formula is C49H31N5. The molecule has 3 aromatic heterocycles. The molecule has 0 atom stereocenters. The fourth-order valence-electron chi connectivity index (χ4n) is 7.34. The van der Waals surface area contributed by atoms with E-state index in [1.54, 1.807) is 0 Å². The summed E-state index contributed by atoms with van der Waals surface area (Å²) in [6, 6.07) is 62.8. The second kappa shape index (κ2) is 13.3. The molecule has 3 heterocycles. The summed E-state index contributed by atoms with van der Waals surface area (Å²) < 4.78 is 0. The van der Waals surface area contributed by atoms with Crippen LogP contribution in [0.25, 0.3) is 100 Å². The lowest BCUT2D eigenvalue weighted by Gasteiger charge is -2.14. The molecule has 0 unspecified atom stereocenters. The Balaban J connectivity index is 1.06. The number of rotatable bonds is 6. The predicted molar refractivity (Wildman–Crippen MR) is 221 cm³/mol. The number of nitrogens with zero attached hydrogens (tertiary/aromatic N) is 5. The average Bonchev–Trinajstić information content (AvgIpc) is 3.26. The Morgan fingerprint density at radius 3 is 1.54 bits per heavy atom. The van der Waals surface area contributed by atoms with Crippen LogP contribution in [-0.4, -0.2) is 24.9 Å². The van der Waals surface area contributed by atoms with E-state index in [4.69, 9.17) is 19.9 Å². The Morgan fingerprint density at radius 2 is 0.796 bits per heavy atom. The molecule has 10 aromatic rings. The van der Waals surface area contributed by atoms with Gasteiger partial charge in [-0.3, -0.25) is 4.98 Å². The number of benzene rings is 7. The van der Waals surface area contributed by atoms with Crippen molar-refractivity contribution in [2.45, 2.75) is 0 Å². The van der Waals surface area contributed by atoms with Crippen LogP contribution in [0.4, 0.5) is 0 Å². The summed E-state index contributed by atoms with van der Waals surface area (Å²) in [5.41, 5.74) is 11.1. The summed E-state index contributed by atoms with van der Waals surface area (Å²) in [6.45, 7) is 0. The van der Waals surface area contributed by atoms with Gasteiger partial charge in [-0.15, -0.1) is 0 Å². The maximum Gasteiger partial charge on any atom is 0.164 e. The second-order valence-corrected chi connectivity index (χ2v) is 13.3. The second-order valence-electron chi connectivity index (χ2n) is 13.3. The standard InChI is InChI=1S/C49H31N5/c1-3-12-32(13-4-1)38-17-7-10-20-43(38)49-53-47(36-14-5-2-6-15-36)52-48(54-49)37-25-21-33(22-26-37)39-28-29-42(41-19-9-8-18-40(39)41)44-30-27-35-24-23-34-16-11-31-50-45(34)46(35)51-44/h1-31H. The molecule has 0 N–H and O–H groups in total. The molecule has 0 bridgehead atoms. The van der Waals surface area contributed by atoms with Crippen molar-refractivity contribution in [3.8, 4) is 67.7 Å². The van der Waals surface area contributed by atoms with Crippen LogP contribution in [0.3, 0.4) is 0 Å². The molecule has 0 aliphatic rings. The Hall–Kier alpha value is -7.37. The van der Waals surface area contributed by atoms with Crippen molar-refractivity contribution < 1.29 is 0 Å². The van der Waals surface area contributed by atoms with E-state index in [2.05, 4.69) is 138 Å². The zero-order valence-corrected chi connectivity index (χ0v) is 29.1. The maximum absolute atomic E-state index is 5.17. The van der Waals surface area contributed by atoms with Gasteiger partial charge in [0.05, 0.1) is 16.7 Å². The van der Waals surface area contributed by atoms with Gasteiger partial charge < -0.3 is 0 Å². The number of fused-ring (bicyclic) bond motifs is 4. The highest BCUT2D eigenvalue weighted by Gasteiger charge is 2.17.